The summed E-state index contributed by atoms with van der Waals surface area (Å²) in [6, 6.07) is 19.7. The molecule has 1 N–H and O–H groups in total. The third-order valence-corrected chi connectivity index (χ3v) is 6.33. The molecule has 0 atom stereocenters. The summed E-state index contributed by atoms with van der Waals surface area (Å²) in [5.41, 5.74) is 2.99. The first-order chi connectivity index (χ1) is 15.6. The number of halogens is 1. The highest BCUT2D eigenvalue weighted by Gasteiger charge is 2.26. The molecule has 2 aromatic carbocycles. The molecule has 1 aromatic heterocycles. The lowest BCUT2D eigenvalue weighted by atomic mass is 9.94. The number of benzene rings is 2. The minimum absolute atomic E-state index is 0.0757. The molecule has 0 bridgehead atoms. The summed E-state index contributed by atoms with van der Waals surface area (Å²) < 4.78 is 7.57. The summed E-state index contributed by atoms with van der Waals surface area (Å²) in [4.78, 5) is 15.3. The number of urea groups is 1. The zero-order valence-corrected chi connectivity index (χ0v) is 19.2. The lowest BCUT2D eigenvalue weighted by Gasteiger charge is -2.34. The number of anilines is 1. The van der Waals surface area contributed by atoms with Gasteiger partial charge < -0.3 is 19.5 Å². The zero-order chi connectivity index (χ0) is 22.3. The molecule has 3 aromatic rings. The van der Waals surface area contributed by atoms with Crippen molar-refractivity contribution in [3.8, 4) is 5.75 Å². The highest BCUT2D eigenvalue weighted by molar-refractivity contribution is 6.30. The van der Waals surface area contributed by atoms with Crippen molar-refractivity contribution in [2.45, 2.75) is 51.2 Å². The number of carbonyl (C=O) groups is 1. The quantitative estimate of drug-likeness (QED) is 0.441. The molecular formula is C26H30ClN3O2. The lowest BCUT2D eigenvalue weighted by Crippen LogP contribution is -2.43. The molecule has 1 fully saturated rings. The molecule has 5 nitrogen and oxygen atoms in total. The molecule has 6 heteroatoms. The first-order valence-electron chi connectivity index (χ1n) is 11.2. The van der Waals surface area contributed by atoms with Crippen molar-refractivity contribution in [1.82, 2.24) is 9.47 Å². The van der Waals surface area contributed by atoms with Gasteiger partial charge >= 0.3 is 6.03 Å². The molecule has 1 heterocycles. The van der Waals surface area contributed by atoms with E-state index in [0.717, 1.165) is 54.9 Å². The second-order valence-corrected chi connectivity index (χ2v) is 8.78. The summed E-state index contributed by atoms with van der Waals surface area (Å²) in [7, 11) is 1.68. The molecule has 0 spiro atoms. The molecule has 0 saturated heterocycles. The van der Waals surface area contributed by atoms with Gasteiger partial charge in [0.2, 0.25) is 0 Å². The van der Waals surface area contributed by atoms with Crippen molar-refractivity contribution >= 4 is 23.3 Å². The highest BCUT2D eigenvalue weighted by atomic mass is 35.5. The number of nitrogens with one attached hydrogen (secondary N) is 1. The number of hydrogen-bond acceptors (Lipinski definition) is 2. The predicted octanol–water partition coefficient (Wildman–Crippen LogP) is 6.57. The number of hydrogen-bond donors (Lipinski definition) is 1. The number of nitrogens with zero attached hydrogens (tertiary/aromatic N) is 2. The average molecular weight is 452 g/mol. The van der Waals surface area contributed by atoms with Gasteiger partial charge in [-0.15, -0.1) is 0 Å². The van der Waals surface area contributed by atoms with Gasteiger partial charge in [-0.1, -0.05) is 49.1 Å². The molecule has 32 heavy (non-hydrogen) atoms. The average Bonchev–Trinajstić information content (AvgIpc) is 3.24. The van der Waals surface area contributed by atoms with E-state index < -0.39 is 0 Å². The maximum Gasteiger partial charge on any atom is 0.322 e. The molecule has 2 amide bonds. The van der Waals surface area contributed by atoms with Crippen LogP contribution in [0.2, 0.25) is 5.02 Å². The lowest BCUT2D eigenvalue weighted by molar-refractivity contribution is 0.161. The van der Waals surface area contributed by atoms with Crippen molar-refractivity contribution in [3.63, 3.8) is 0 Å². The summed E-state index contributed by atoms with van der Waals surface area (Å²) in [5.74, 6) is 0.848. The van der Waals surface area contributed by atoms with E-state index in [0.29, 0.717) is 11.6 Å². The Morgan fingerprint density at radius 1 is 1.09 bits per heavy atom. The van der Waals surface area contributed by atoms with Crippen LogP contribution in [0.5, 0.6) is 5.75 Å². The topological polar surface area (TPSA) is 46.5 Å². The minimum Gasteiger partial charge on any atom is -0.497 e. The van der Waals surface area contributed by atoms with Crippen molar-refractivity contribution in [1.29, 1.82) is 0 Å². The van der Waals surface area contributed by atoms with E-state index in [2.05, 4.69) is 34.3 Å². The molecule has 1 aliphatic carbocycles. The molecule has 0 radical (unpaired) electrons. The van der Waals surface area contributed by atoms with Crippen LogP contribution < -0.4 is 10.1 Å². The Balaban J connectivity index is 1.53. The van der Waals surface area contributed by atoms with Gasteiger partial charge in [-0.05, 0) is 60.9 Å². The van der Waals surface area contributed by atoms with Crippen LogP contribution >= 0.6 is 11.6 Å². The van der Waals surface area contributed by atoms with Crippen LogP contribution in [-0.4, -0.2) is 28.6 Å². The largest absolute Gasteiger partial charge is 0.497 e. The van der Waals surface area contributed by atoms with Crippen molar-refractivity contribution in [3.05, 3.63) is 83.1 Å². The second kappa shape index (κ2) is 10.6. The Hall–Kier alpha value is -2.92. The third-order valence-electron chi connectivity index (χ3n) is 6.10. The first-order valence-corrected chi connectivity index (χ1v) is 11.6. The van der Waals surface area contributed by atoms with Crippen molar-refractivity contribution in [2.24, 2.45) is 0 Å². The number of amides is 2. The smallest absolute Gasteiger partial charge is 0.322 e. The monoisotopic (exact) mass is 451 g/mol. The molecule has 0 unspecified atom stereocenters. The van der Waals surface area contributed by atoms with Gasteiger partial charge in [-0.25, -0.2) is 4.79 Å². The van der Waals surface area contributed by atoms with E-state index in [9.17, 15) is 4.79 Å². The molecule has 1 saturated carbocycles. The summed E-state index contributed by atoms with van der Waals surface area (Å²) >= 11 is 6.11. The maximum atomic E-state index is 13.3. The number of methoxy groups -OCH3 is 1. The normalized spacial score (nSPS) is 14.2. The van der Waals surface area contributed by atoms with Crippen LogP contribution in [0.15, 0.2) is 66.9 Å². The van der Waals surface area contributed by atoms with E-state index in [-0.39, 0.29) is 12.1 Å². The van der Waals surface area contributed by atoms with E-state index in [1.165, 1.54) is 6.42 Å². The Morgan fingerprint density at radius 3 is 2.69 bits per heavy atom. The van der Waals surface area contributed by atoms with Crippen molar-refractivity contribution < 1.29 is 9.53 Å². The fourth-order valence-corrected chi connectivity index (χ4v) is 4.60. The fraction of sp³-hybridized carbons (Fsp3) is 0.346. The Bertz CT molecular complexity index is 1040. The van der Waals surface area contributed by atoms with E-state index in [1.807, 2.05) is 41.3 Å². The Labute approximate surface area is 194 Å². The van der Waals surface area contributed by atoms with Crippen LogP contribution in [0.4, 0.5) is 10.5 Å². The van der Waals surface area contributed by atoms with Gasteiger partial charge in [0.15, 0.2) is 0 Å². The van der Waals surface area contributed by atoms with Gasteiger partial charge in [0.05, 0.1) is 13.7 Å². The van der Waals surface area contributed by atoms with E-state index in [4.69, 9.17) is 16.3 Å². The highest BCUT2D eigenvalue weighted by Crippen LogP contribution is 2.26. The second-order valence-electron chi connectivity index (χ2n) is 8.34. The molecule has 168 valence electrons. The predicted molar refractivity (Wildman–Crippen MR) is 129 cm³/mol. The fourth-order valence-electron chi connectivity index (χ4n) is 4.41. The van der Waals surface area contributed by atoms with Crippen LogP contribution in [0.1, 0.15) is 43.4 Å². The summed E-state index contributed by atoms with van der Waals surface area (Å²) in [5, 5.41) is 3.66. The maximum absolute atomic E-state index is 13.3. The Morgan fingerprint density at radius 2 is 1.91 bits per heavy atom. The van der Waals surface area contributed by atoms with E-state index >= 15 is 0 Å². The molecule has 4 rings (SSSR count). The third kappa shape index (κ3) is 5.65. The van der Waals surface area contributed by atoms with Crippen LogP contribution in [-0.2, 0) is 13.1 Å². The van der Waals surface area contributed by atoms with Gasteiger partial charge in [0.1, 0.15) is 5.75 Å². The summed E-state index contributed by atoms with van der Waals surface area (Å²) in [6.07, 6.45) is 7.72. The van der Waals surface area contributed by atoms with Crippen LogP contribution in [0, 0.1) is 0 Å². The van der Waals surface area contributed by atoms with Gasteiger partial charge in [0.25, 0.3) is 0 Å². The van der Waals surface area contributed by atoms with Crippen LogP contribution in [0.3, 0.4) is 0 Å². The Kier molecular flexibility index (Phi) is 7.38. The number of aromatic nitrogens is 1. The standard InChI is InChI=1S/C26H30ClN3O2/c1-32-25-14-5-8-20(16-25)18-29-15-7-13-24(29)19-30(23-11-3-2-4-12-23)26(31)28-22-10-6-9-21(27)17-22/h5-10,13-17,23H,2-4,11-12,18-19H2,1H3,(H,28,31). The number of rotatable bonds is 7. The number of ether oxygens (including phenoxy) is 1. The van der Waals surface area contributed by atoms with Crippen molar-refractivity contribution in [2.75, 3.05) is 12.4 Å². The van der Waals surface area contributed by atoms with Gasteiger partial charge in [-0.3, -0.25) is 0 Å². The first kappa shape index (κ1) is 22.3. The SMILES string of the molecule is COc1cccc(Cn2cccc2CN(C(=O)Nc2cccc(Cl)c2)C2CCCCC2)c1. The molecule has 1 aliphatic rings. The van der Waals surface area contributed by atoms with Gasteiger partial charge in [0, 0.05) is 35.2 Å². The van der Waals surface area contributed by atoms with Gasteiger partial charge in [-0.2, -0.15) is 0 Å². The van der Waals surface area contributed by atoms with Crippen LogP contribution in [0.25, 0.3) is 0 Å². The molecular weight excluding hydrogens is 422 g/mol. The zero-order valence-electron chi connectivity index (χ0n) is 18.5. The van der Waals surface area contributed by atoms with E-state index in [1.54, 1.807) is 13.2 Å². The summed E-state index contributed by atoms with van der Waals surface area (Å²) in [6.45, 7) is 1.29. The minimum atomic E-state index is -0.0757. The number of carbonyl (C=O) groups excluding carboxylic acids is 1. The molecule has 0 aliphatic heterocycles.